The lowest BCUT2D eigenvalue weighted by molar-refractivity contribution is -0.113. The van der Waals surface area contributed by atoms with Crippen molar-refractivity contribution in [3.8, 4) is 0 Å². The molecule has 0 radical (unpaired) electrons. The summed E-state index contributed by atoms with van der Waals surface area (Å²) in [6.45, 7) is 2.83. The number of allylic oxidation sites excluding steroid dienone is 1. The Morgan fingerprint density at radius 1 is 1.41 bits per heavy atom. The van der Waals surface area contributed by atoms with Gasteiger partial charge in [0.05, 0.1) is 17.7 Å². The van der Waals surface area contributed by atoms with Gasteiger partial charge in [-0.2, -0.15) is 0 Å². The minimum Gasteiger partial charge on any atom is -0.386 e. The summed E-state index contributed by atoms with van der Waals surface area (Å²) in [4.78, 5) is 28.0. The zero-order valence-corrected chi connectivity index (χ0v) is 12.3. The van der Waals surface area contributed by atoms with Crippen LogP contribution in [0.15, 0.2) is 41.2 Å². The molecule has 2 aliphatic carbocycles. The topological polar surface area (TPSA) is 74.0 Å². The van der Waals surface area contributed by atoms with Gasteiger partial charge >= 0.3 is 0 Å². The van der Waals surface area contributed by atoms with E-state index in [1.807, 2.05) is 12.1 Å². The number of rotatable bonds is 2. The van der Waals surface area contributed by atoms with E-state index in [-0.39, 0.29) is 23.8 Å². The van der Waals surface area contributed by atoms with E-state index >= 15 is 0 Å². The molecule has 112 valence electrons. The van der Waals surface area contributed by atoms with Gasteiger partial charge in [-0.3, -0.25) is 14.9 Å². The second-order valence-electron chi connectivity index (χ2n) is 6.73. The highest BCUT2D eigenvalue weighted by Crippen LogP contribution is 2.65. The normalized spacial score (nSPS) is 38.1. The van der Waals surface area contributed by atoms with Crippen molar-refractivity contribution in [2.45, 2.75) is 25.4 Å². The summed E-state index contributed by atoms with van der Waals surface area (Å²) in [7, 11) is 0. The quantitative estimate of drug-likeness (QED) is 0.560. The third-order valence-corrected chi connectivity index (χ3v) is 5.66. The van der Waals surface area contributed by atoms with Crippen LogP contribution in [0.25, 0.3) is 0 Å². The molecule has 5 nitrogen and oxygen atoms in total. The number of H-pyrrole nitrogens is 1. The number of aromatic nitrogens is 1. The molecule has 4 unspecified atom stereocenters. The molecule has 1 aromatic rings. The first kappa shape index (κ1) is 12.4. The Balaban J connectivity index is 1.56. The monoisotopic (exact) mass is 295 g/mol. The third kappa shape index (κ3) is 1.24. The molecular formula is C17H17N3O2. The van der Waals surface area contributed by atoms with Gasteiger partial charge in [0.1, 0.15) is 5.41 Å². The Morgan fingerprint density at radius 2 is 2.27 bits per heavy atom. The molecule has 22 heavy (non-hydrogen) atoms. The smallest absolute Gasteiger partial charge is 0.199 e. The lowest BCUT2D eigenvalue weighted by atomic mass is 9.78. The van der Waals surface area contributed by atoms with Gasteiger partial charge in [-0.1, -0.05) is 11.6 Å². The van der Waals surface area contributed by atoms with Crippen LogP contribution in [0.3, 0.4) is 0 Å². The number of carbonyl (C=O) groups excluding carboxylic acids is 2. The Hall–Kier alpha value is -2.14. The van der Waals surface area contributed by atoms with Crippen LogP contribution in [0.4, 0.5) is 0 Å². The van der Waals surface area contributed by atoms with Crippen molar-refractivity contribution in [1.29, 1.82) is 0 Å². The molecule has 0 bridgehead atoms. The van der Waals surface area contributed by atoms with E-state index in [2.05, 4.69) is 22.5 Å². The maximum absolute atomic E-state index is 12.6. The minimum atomic E-state index is -0.426. The molecule has 5 rings (SSSR count). The Labute approximate surface area is 127 Å². The SMILES string of the molecule is CC1=C2NCC3C(=O)C23C2=CC(C(=O)c3ccc[nH]3)NC2C1. The van der Waals surface area contributed by atoms with Crippen LogP contribution >= 0.6 is 0 Å². The van der Waals surface area contributed by atoms with Crippen molar-refractivity contribution in [3.63, 3.8) is 0 Å². The molecule has 1 aromatic heterocycles. The van der Waals surface area contributed by atoms with Crippen molar-refractivity contribution in [2.24, 2.45) is 11.3 Å². The van der Waals surface area contributed by atoms with Crippen molar-refractivity contribution in [1.82, 2.24) is 15.6 Å². The predicted octanol–water partition coefficient (Wildman–Crippen LogP) is 0.930. The number of hydrogen-bond acceptors (Lipinski definition) is 4. The van der Waals surface area contributed by atoms with Crippen LogP contribution in [0.5, 0.6) is 0 Å². The molecule has 0 aromatic carbocycles. The first-order valence-electron chi connectivity index (χ1n) is 7.78. The number of Topliss-reactive ketones (excluding diaryl/α,β-unsaturated/α-hetero) is 2. The van der Waals surface area contributed by atoms with Crippen LogP contribution in [-0.4, -0.2) is 35.2 Å². The fourth-order valence-corrected chi connectivity index (χ4v) is 4.66. The first-order chi connectivity index (χ1) is 10.6. The second-order valence-corrected chi connectivity index (χ2v) is 6.73. The highest BCUT2D eigenvalue weighted by atomic mass is 16.1. The van der Waals surface area contributed by atoms with Crippen LogP contribution < -0.4 is 10.6 Å². The Bertz CT molecular complexity index is 774. The van der Waals surface area contributed by atoms with E-state index in [0.29, 0.717) is 11.5 Å². The van der Waals surface area contributed by atoms with Gasteiger partial charge in [0.25, 0.3) is 0 Å². The Morgan fingerprint density at radius 3 is 3.00 bits per heavy atom. The van der Waals surface area contributed by atoms with Gasteiger partial charge in [-0.05, 0) is 31.1 Å². The predicted molar refractivity (Wildman–Crippen MR) is 80.2 cm³/mol. The maximum atomic E-state index is 12.6. The van der Waals surface area contributed by atoms with E-state index in [0.717, 1.165) is 24.2 Å². The van der Waals surface area contributed by atoms with Crippen molar-refractivity contribution in [3.05, 3.63) is 46.9 Å². The molecule has 4 aliphatic rings. The molecule has 1 saturated heterocycles. The van der Waals surface area contributed by atoms with E-state index in [1.165, 1.54) is 5.57 Å². The fourth-order valence-electron chi connectivity index (χ4n) is 4.66. The lowest BCUT2D eigenvalue weighted by Gasteiger charge is -2.30. The molecule has 4 atom stereocenters. The average molecular weight is 295 g/mol. The molecule has 3 heterocycles. The minimum absolute atomic E-state index is 0.0399. The third-order valence-electron chi connectivity index (χ3n) is 5.66. The van der Waals surface area contributed by atoms with Crippen LogP contribution in [0.1, 0.15) is 23.8 Å². The first-order valence-corrected chi connectivity index (χ1v) is 7.78. The summed E-state index contributed by atoms with van der Waals surface area (Å²) in [5.74, 6) is 0.442. The summed E-state index contributed by atoms with van der Waals surface area (Å²) in [5, 5.41) is 6.83. The second kappa shape index (κ2) is 3.79. The summed E-state index contributed by atoms with van der Waals surface area (Å²) in [6.07, 6.45) is 4.63. The highest BCUT2D eigenvalue weighted by Gasteiger charge is 2.74. The highest BCUT2D eigenvalue weighted by molar-refractivity contribution is 6.12. The summed E-state index contributed by atoms with van der Waals surface area (Å²) >= 11 is 0. The Kier molecular flexibility index (Phi) is 2.14. The molecule has 2 aliphatic heterocycles. The summed E-state index contributed by atoms with van der Waals surface area (Å²) in [5.41, 5.74) is 3.66. The molecule has 1 saturated carbocycles. The van der Waals surface area contributed by atoms with Crippen molar-refractivity contribution >= 4 is 11.6 Å². The number of hydrogen-bond donors (Lipinski definition) is 3. The van der Waals surface area contributed by atoms with Gasteiger partial charge in [-0.25, -0.2) is 0 Å². The van der Waals surface area contributed by atoms with Crippen LogP contribution in [0, 0.1) is 11.3 Å². The molecule has 1 spiro atoms. The lowest BCUT2D eigenvalue weighted by Crippen LogP contribution is -2.41. The fraction of sp³-hybridized carbons (Fsp3) is 0.412. The van der Waals surface area contributed by atoms with E-state index in [1.54, 1.807) is 12.3 Å². The zero-order chi connectivity index (χ0) is 15.1. The number of piperidine rings is 1. The van der Waals surface area contributed by atoms with Crippen molar-refractivity contribution in [2.75, 3.05) is 6.54 Å². The molecular weight excluding hydrogens is 278 g/mol. The molecule has 2 fully saturated rings. The van der Waals surface area contributed by atoms with Crippen LogP contribution in [0.2, 0.25) is 0 Å². The van der Waals surface area contributed by atoms with Gasteiger partial charge in [0, 0.05) is 24.5 Å². The van der Waals surface area contributed by atoms with Crippen LogP contribution in [-0.2, 0) is 4.79 Å². The van der Waals surface area contributed by atoms with Gasteiger partial charge in [0.15, 0.2) is 11.6 Å². The number of carbonyl (C=O) groups is 2. The summed E-state index contributed by atoms with van der Waals surface area (Å²) < 4.78 is 0. The number of aromatic amines is 1. The van der Waals surface area contributed by atoms with E-state index in [4.69, 9.17) is 0 Å². The van der Waals surface area contributed by atoms with Crippen molar-refractivity contribution < 1.29 is 9.59 Å². The molecule has 3 N–H and O–H groups in total. The van der Waals surface area contributed by atoms with E-state index < -0.39 is 5.41 Å². The van der Waals surface area contributed by atoms with Gasteiger partial charge < -0.3 is 10.3 Å². The molecule has 5 heteroatoms. The van der Waals surface area contributed by atoms with Gasteiger partial charge in [0.2, 0.25) is 0 Å². The number of nitrogens with one attached hydrogen (secondary N) is 3. The van der Waals surface area contributed by atoms with E-state index in [9.17, 15) is 9.59 Å². The zero-order valence-electron chi connectivity index (χ0n) is 12.3. The molecule has 0 amide bonds. The van der Waals surface area contributed by atoms with Gasteiger partial charge in [-0.15, -0.1) is 0 Å². The number of ketones is 2. The number of fused-ring (bicyclic) bond motifs is 1. The largest absolute Gasteiger partial charge is 0.386 e. The standard InChI is InChI=1S/C17H17N3O2/c1-8-5-12-9(17-10(16(17)22)7-19-15(8)17)6-13(20-12)14(21)11-3-2-4-18-11/h2-4,6,10,12-13,18-20H,5,7H2,1H3. The maximum Gasteiger partial charge on any atom is 0.199 e. The average Bonchev–Trinajstić information content (AvgIpc) is 3.07. The summed E-state index contributed by atoms with van der Waals surface area (Å²) in [6, 6.07) is 3.39.